The number of hydrogen-bond acceptors (Lipinski definition) is 6. The number of fused-ring (bicyclic) bond motifs is 2. The molecule has 2 atom stereocenters. The summed E-state index contributed by atoms with van der Waals surface area (Å²) in [7, 11) is 4.20. The summed E-state index contributed by atoms with van der Waals surface area (Å²) in [6.45, 7) is 2.29. The molecule has 2 heterocycles. The third-order valence-electron chi connectivity index (χ3n) is 6.49. The molecular weight excluding hydrogens is 579 g/mol. The Balaban J connectivity index is 0.00000267. The number of β-lactam (4-membered cyclic amide) rings is 1. The van der Waals surface area contributed by atoms with Crippen LogP contribution >= 0.6 is 35.9 Å². The number of benzene rings is 2. The molecule has 0 aromatic heterocycles. The van der Waals surface area contributed by atoms with Crippen LogP contribution in [0.25, 0.3) is 10.8 Å². The van der Waals surface area contributed by atoms with Crippen LogP contribution in [0.1, 0.15) is 6.42 Å². The van der Waals surface area contributed by atoms with Crippen molar-refractivity contribution in [2.24, 2.45) is 5.73 Å². The molecule has 1 fully saturated rings. The number of quaternary nitrogens is 1. The lowest BCUT2D eigenvalue weighted by Gasteiger charge is -2.49. The van der Waals surface area contributed by atoms with Crippen molar-refractivity contribution in [2.45, 2.75) is 22.7 Å². The van der Waals surface area contributed by atoms with Gasteiger partial charge in [0.1, 0.15) is 17.1 Å². The first-order chi connectivity index (χ1) is 17.7. The summed E-state index contributed by atoms with van der Waals surface area (Å²) in [6.07, 6.45) is 4.69. The van der Waals surface area contributed by atoms with Crippen molar-refractivity contribution in [3.05, 3.63) is 65.9 Å². The number of nitrogens with one attached hydrogen (secondary N) is 1. The summed E-state index contributed by atoms with van der Waals surface area (Å²) in [6, 6.07) is 13.3. The molecule has 4 N–H and O–H groups in total. The maximum Gasteiger partial charge on any atom is 0.352 e. The second-order valence-electron chi connectivity index (χ2n) is 9.82. The quantitative estimate of drug-likeness (QED) is 0.187. The van der Waals surface area contributed by atoms with Crippen molar-refractivity contribution < 1.29 is 36.4 Å². The number of carboxylic acids is 1. The van der Waals surface area contributed by atoms with Gasteiger partial charge in [-0.1, -0.05) is 36.4 Å². The van der Waals surface area contributed by atoms with Crippen LogP contribution in [0, 0.1) is 0 Å². The Hall–Kier alpha value is -2.21. The Morgan fingerprint density at radius 3 is 2.64 bits per heavy atom. The van der Waals surface area contributed by atoms with Crippen LogP contribution in [-0.4, -0.2) is 88.9 Å². The Labute approximate surface area is 249 Å². The van der Waals surface area contributed by atoms with E-state index in [1.807, 2.05) is 54.6 Å². The minimum atomic E-state index is -1.13. The molecular formula is C27H34Cl2N4O4S2. The monoisotopic (exact) mass is 612 g/mol. The first-order valence-electron chi connectivity index (χ1n) is 12.2. The minimum absolute atomic E-state index is 0. The molecule has 2 aromatic rings. The summed E-state index contributed by atoms with van der Waals surface area (Å²) >= 11 is 2.88. The Kier molecular flexibility index (Phi) is 12.2. The zero-order chi connectivity index (χ0) is 26.6. The molecule has 2 amide bonds. The standard InChI is InChI=1S/C27H32N4O4S2.2ClH/c1-31(2,14-6-12-28)13-5-9-20-16-37-26-23(25(33)30(26)24(20)27(34)35)29-22(32)17-36-21-11-10-18-7-3-4-8-19(18)15-21;;/h3-5,7-11,15,23,26H,6,12-14,16-17,28H2,1-2H3,(H-,29,32,34,35);2*1H/b9-5+;;/t23-,26-;;/m1../s1. The molecule has 0 unspecified atom stereocenters. The highest BCUT2D eigenvalue weighted by Crippen LogP contribution is 2.40. The number of aliphatic carboxylic acids is 1. The fourth-order valence-corrected chi connectivity index (χ4v) is 6.56. The summed E-state index contributed by atoms with van der Waals surface area (Å²) in [5.41, 5.74) is 6.23. The third kappa shape index (κ3) is 7.93. The molecule has 0 bridgehead atoms. The fourth-order valence-electron chi connectivity index (χ4n) is 4.48. The van der Waals surface area contributed by atoms with Crippen molar-refractivity contribution in [1.82, 2.24) is 10.2 Å². The van der Waals surface area contributed by atoms with Crippen molar-refractivity contribution in [3.8, 4) is 0 Å². The number of amides is 2. The van der Waals surface area contributed by atoms with Gasteiger partial charge < -0.3 is 33.0 Å². The summed E-state index contributed by atoms with van der Waals surface area (Å²) in [5.74, 6) is -1.13. The van der Waals surface area contributed by atoms with E-state index in [1.54, 1.807) is 0 Å². The summed E-state index contributed by atoms with van der Waals surface area (Å²) in [5, 5.41) is 14.5. The number of likely N-dealkylation sites (N-methyl/N-ethyl adjacent to an activating group) is 1. The van der Waals surface area contributed by atoms with Gasteiger partial charge in [-0.25, -0.2) is 4.79 Å². The van der Waals surface area contributed by atoms with E-state index in [1.165, 1.54) is 28.4 Å². The van der Waals surface area contributed by atoms with Gasteiger partial charge in [0, 0.05) is 17.1 Å². The zero-order valence-corrected chi connectivity index (χ0v) is 25.0. The van der Waals surface area contributed by atoms with Gasteiger partial charge in [0.25, 0.3) is 5.91 Å². The number of carbonyl (C=O) groups is 3. The van der Waals surface area contributed by atoms with Gasteiger partial charge in [0.15, 0.2) is 0 Å². The largest absolute Gasteiger partial charge is 1.00 e. The number of nitrogens with two attached hydrogens (primary N) is 1. The number of hydrogen-bond donors (Lipinski definition) is 3. The van der Waals surface area contributed by atoms with E-state index in [4.69, 9.17) is 5.73 Å². The second kappa shape index (κ2) is 14.4. The van der Waals surface area contributed by atoms with Gasteiger partial charge in [-0.15, -0.1) is 35.9 Å². The molecule has 212 valence electrons. The summed E-state index contributed by atoms with van der Waals surface area (Å²) < 4.78 is 0.743. The van der Waals surface area contributed by atoms with E-state index >= 15 is 0 Å². The minimum Gasteiger partial charge on any atom is -1.00 e. The maximum absolute atomic E-state index is 12.9. The molecule has 2 aliphatic heterocycles. The van der Waals surface area contributed by atoms with Crippen molar-refractivity contribution in [1.29, 1.82) is 0 Å². The van der Waals surface area contributed by atoms with Crippen molar-refractivity contribution in [2.75, 3.05) is 45.2 Å². The molecule has 2 aliphatic rings. The van der Waals surface area contributed by atoms with Crippen LogP contribution in [0.4, 0.5) is 0 Å². The van der Waals surface area contributed by atoms with E-state index in [9.17, 15) is 19.5 Å². The van der Waals surface area contributed by atoms with Crippen molar-refractivity contribution >= 4 is 64.5 Å². The lowest BCUT2D eigenvalue weighted by molar-refractivity contribution is -0.884. The number of nitrogens with zero attached hydrogens (tertiary/aromatic N) is 2. The second-order valence-corrected chi connectivity index (χ2v) is 12.0. The average Bonchev–Trinajstić information content (AvgIpc) is 2.88. The number of rotatable bonds is 11. The third-order valence-corrected chi connectivity index (χ3v) is 8.79. The van der Waals surface area contributed by atoms with E-state index in [0.29, 0.717) is 17.9 Å². The smallest absolute Gasteiger partial charge is 0.352 e. The van der Waals surface area contributed by atoms with E-state index in [2.05, 4.69) is 19.4 Å². The van der Waals surface area contributed by atoms with E-state index in [0.717, 1.165) is 39.7 Å². The normalized spacial score (nSPS) is 18.7. The Morgan fingerprint density at radius 2 is 1.95 bits per heavy atom. The fraction of sp³-hybridized carbons (Fsp3) is 0.370. The van der Waals surface area contributed by atoms with Crippen LogP contribution in [0.5, 0.6) is 0 Å². The molecule has 39 heavy (non-hydrogen) atoms. The highest BCUT2D eigenvalue weighted by molar-refractivity contribution is 8.00. The van der Waals surface area contributed by atoms with E-state index in [-0.39, 0.29) is 48.1 Å². The van der Waals surface area contributed by atoms with E-state index < -0.39 is 17.4 Å². The highest BCUT2D eigenvalue weighted by atomic mass is 35.5. The first-order valence-corrected chi connectivity index (χ1v) is 14.2. The predicted octanol–water partition coefficient (Wildman–Crippen LogP) is 0.0777. The number of allylic oxidation sites excluding steroid dienone is 1. The number of halogens is 2. The van der Waals surface area contributed by atoms with Gasteiger partial charge in [0.2, 0.25) is 5.91 Å². The lowest BCUT2D eigenvalue weighted by Crippen LogP contribution is -3.00. The predicted molar refractivity (Wildman–Crippen MR) is 156 cm³/mol. The van der Waals surface area contributed by atoms with Crippen LogP contribution < -0.4 is 23.5 Å². The molecule has 2 aromatic carbocycles. The molecule has 0 aliphatic carbocycles. The number of carboxylic acid groups (broad SMARTS) is 1. The molecule has 0 radical (unpaired) electrons. The maximum atomic E-state index is 12.9. The first kappa shape index (κ1) is 33.0. The van der Waals surface area contributed by atoms with Gasteiger partial charge in [-0.05, 0) is 41.1 Å². The molecule has 0 saturated carbocycles. The Bertz CT molecular complexity index is 1270. The molecule has 4 rings (SSSR count). The SMILES string of the molecule is C[N+](C)(C/C=C/C1=C(C(=O)O)N2C(=O)[C@@H](NC(=O)CSc3ccc4ccccc4c3)[C@H]2SC1)CCCN.Cl.[Cl-]. The van der Waals surface area contributed by atoms with Crippen LogP contribution in [0.3, 0.4) is 0 Å². The van der Waals surface area contributed by atoms with Gasteiger partial charge in [-0.2, -0.15) is 0 Å². The van der Waals surface area contributed by atoms with Gasteiger partial charge in [-0.3, -0.25) is 14.5 Å². The lowest BCUT2D eigenvalue weighted by atomic mass is 10.0. The zero-order valence-electron chi connectivity index (χ0n) is 21.8. The molecule has 1 saturated heterocycles. The van der Waals surface area contributed by atoms with Crippen LogP contribution in [0.2, 0.25) is 0 Å². The number of carbonyl (C=O) groups excluding carboxylic acids is 2. The molecule has 0 spiro atoms. The van der Waals surface area contributed by atoms with Crippen LogP contribution in [0.15, 0.2) is 70.8 Å². The topological polar surface area (TPSA) is 113 Å². The van der Waals surface area contributed by atoms with Gasteiger partial charge in [0.05, 0.1) is 32.9 Å². The number of thioether (sulfide) groups is 2. The van der Waals surface area contributed by atoms with Crippen LogP contribution in [-0.2, 0) is 14.4 Å². The molecule has 12 heteroatoms. The highest BCUT2D eigenvalue weighted by Gasteiger charge is 2.53. The molecule has 8 nitrogen and oxygen atoms in total. The van der Waals surface area contributed by atoms with Gasteiger partial charge >= 0.3 is 5.97 Å². The van der Waals surface area contributed by atoms with Crippen molar-refractivity contribution in [3.63, 3.8) is 0 Å². The average molecular weight is 614 g/mol. The Morgan fingerprint density at radius 1 is 1.23 bits per heavy atom. The summed E-state index contributed by atoms with van der Waals surface area (Å²) in [4.78, 5) is 39.9.